The third-order valence-electron chi connectivity index (χ3n) is 5.50. The van der Waals surface area contributed by atoms with Crippen LogP contribution in [0.5, 0.6) is 0 Å². The van der Waals surface area contributed by atoms with Gasteiger partial charge in [0.2, 0.25) is 0 Å². The number of hydrogen-bond acceptors (Lipinski definition) is 5. The molecule has 0 radical (unpaired) electrons. The van der Waals surface area contributed by atoms with Gasteiger partial charge in [0.15, 0.2) is 0 Å². The molecule has 0 fully saturated rings. The van der Waals surface area contributed by atoms with Gasteiger partial charge in [-0.1, -0.05) is 66.7 Å². The van der Waals surface area contributed by atoms with Crippen LogP contribution in [0, 0.1) is 0 Å². The van der Waals surface area contributed by atoms with Gasteiger partial charge in [0, 0.05) is 0 Å². The molecular weight excluding hydrogens is 398 g/mol. The fourth-order valence-electron chi connectivity index (χ4n) is 3.79. The fraction of sp³-hybridized carbons (Fsp3) is 0.296. The normalized spacial score (nSPS) is 23.7. The Hall–Kier alpha value is -3.15. The molecule has 32 heavy (non-hydrogen) atoms. The monoisotopic (exact) mass is 427 g/mol. The lowest BCUT2D eigenvalue weighted by Gasteiger charge is -2.28. The van der Waals surface area contributed by atoms with Gasteiger partial charge >= 0.3 is 0 Å². The maximum atomic E-state index is 6.41. The summed E-state index contributed by atoms with van der Waals surface area (Å²) in [6, 6.07) is 26.5. The van der Waals surface area contributed by atoms with Gasteiger partial charge in [0.25, 0.3) is 0 Å². The summed E-state index contributed by atoms with van der Waals surface area (Å²) in [7, 11) is 0. The predicted molar refractivity (Wildman–Crippen MR) is 129 cm³/mol. The van der Waals surface area contributed by atoms with E-state index in [1.54, 1.807) is 0 Å². The van der Waals surface area contributed by atoms with Gasteiger partial charge in [-0.25, -0.2) is 4.98 Å². The number of benzene rings is 2. The van der Waals surface area contributed by atoms with Crippen molar-refractivity contribution >= 4 is 11.4 Å². The summed E-state index contributed by atoms with van der Waals surface area (Å²) >= 11 is 0. The number of rotatable bonds is 2. The van der Waals surface area contributed by atoms with E-state index in [9.17, 15) is 0 Å². The van der Waals surface area contributed by atoms with Crippen LogP contribution >= 0.6 is 0 Å². The zero-order chi connectivity index (χ0) is 22.2. The lowest BCUT2D eigenvalue weighted by Crippen LogP contribution is -2.20. The zero-order valence-electron chi connectivity index (χ0n) is 18.6. The number of pyridine rings is 1. The summed E-state index contributed by atoms with van der Waals surface area (Å²) in [5.41, 5.74) is 5.68. The highest BCUT2D eigenvalue weighted by Crippen LogP contribution is 2.35. The maximum Gasteiger partial charge on any atom is 0.113 e. The molecule has 0 aliphatic carbocycles. The van der Waals surface area contributed by atoms with E-state index in [0.29, 0.717) is 26.3 Å². The van der Waals surface area contributed by atoms with Crippen LogP contribution in [-0.4, -0.2) is 42.7 Å². The third kappa shape index (κ3) is 5.55. The Morgan fingerprint density at radius 2 is 1.03 bits per heavy atom. The van der Waals surface area contributed by atoms with Crippen molar-refractivity contribution in [3.8, 4) is 0 Å². The van der Waals surface area contributed by atoms with Crippen LogP contribution in [0.25, 0.3) is 0 Å². The smallest absolute Gasteiger partial charge is 0.113 e. The van der Waals surface area contributed by atoms with Gasteiger partial charge in [-0.05, 0) is 37.1 Å². The molecule has 0 N–H and O–H groups in total. The van der Waals surface area contributed by atoms with Crippen molar-refractivity contribution in [3.05, 3.63) is 101 Å². The topological polar surface area (TPSA) is 56.1 Å². The highest BCUT2D eigenvalue weighted by Gasteiger charge is 2.26. The van der Waals surface area contributed by atoms with Gasteiger partial charge in [0.1, 0.15) is 12.2 Å². The molecular formula is C27H29N3O2. The summed E-state index contributed by atoms with van der Waals surface area (Å²) in [5.74, 6) is 0. The molecule has 0 amide bonds. The van der Waals surface area contributed by atoms with Gasteiger partial charge < -0.3 is 9.47 Å². The van der Waals surface area contributed by atoms with Crippen molar-refractivity contribution in [2.75, 3.05) is 26.3 Å². The van der Waals surface area contributed by atoms with E-state index in [1.807, 2.05) is 68.4 Å². The molecule has 4 rings (SSSR count). The lowest BCUT2D eigenvalue weighted by atomic mass is 9.98. The number of aromatic nitrogens is 1. The maximum absolute atomic E-state index is 6.41. The second-order valence-corrected chi connectivity index (χ2v) is 7.75. The third-order valence-corrected chi connectivity index (χ3v) is 5.50. The van der Waals surface area contributed by atoms with Crippen LogP contribution in [0.4, 0.5) is 0 Å². The fourth-order valence-corrected chi connectivity index (χ4v) is 3.79. The molecule has 0 saturated heterocycles. The molecule has 2 unspecified atom stereocenters. The number of fused-ring (bicyclic) bond motifs is 2. The first-order valence-electron chi connectivity index (χ1n) is 11.1. The molecule has 3 aromatic rings. The standard InChI is InChI=1S/C27H29N3O2/c1-20-24-14-9-15-25(30-24)21(2)29-17-19-32-27(23-12-7-4-8-13-23)26(31-18-16-28-20)22-10-5-3-6-11-22/h3-15,26-27H,16-19H2,1-2H3/b28-20+,29-21+. The van der Waals surface area contributed by atoms with Gasteiger partial charge in [-0.3, -0.25) is 9.98 Å². The van der Waals surface area contributed by atoms with Crippen LogP contribution in [0.3, 0.4) is 0 Å². The molecule has 5 nitrogen and oxygen atoms in total. The minimum atomic E-state index is -0.247. The molecule has 1 aliphatic rings. The van der Waals surface area contributed by atoms with Gasteiger partial charge in [0.05, 0.1) is 49.1 Å². The summed E-state index contributed by atoms with van der Waals surface area (Å²) in [4.78, 5) is 14.1. The first kappa shape index (κ1) is 22.1. The Kier molecular flexibility index (Phi) is 7.54. The van der Waals surface area contributed by atoms with E-state index >= 15 is 0 Å². The molecule has 0 saturated carbocycles. The first-order chi connectivity index (χ1) is 15.7. The van der Waals surface area contributed by atoms with Crippen molar-refractivity contribution in [2.24, 2.45) is 9.98 Å². The van der Waals surface area contributed by atoms with E-state index in [2.05, 4.69) is 24.3 Å². The minimum Gasteiger partial charge on any atom is -0.369 e. The number of nitrogens with zero attached hydrogens (tertiary/aromatic N) is 3. The van der Waals surface area contributed by atoms with Crippen LogP contribution in [0.2, 0.25) is 0 Å². The van der Waals surface area contributed by atoms with E-state index in [0.717, 1.165) is 33.9 Å². The van der Waals surface area contributed by atoms with Crippen LogP contribution < -0.4 is 0 Å². The molecule has 2 atom stereocenters. The summed E-state index contributed by atoms with van der Waals surface area (Å²) in [5, 5.41) is 0. The van der Waals surface area contributed by atoms with E-state index in [-0.39, 0.29) is 12.2 Å². The van der Waals surface area contributed by atoms with Gasteiger partial charge in [-0.2, -0.15) is 0 Å². The molecule has 1 aromatic heterocycles. The Morgan fingerprint density at radius 3 is 1.47 bits per heavy atom. The molecule has 5 heteroatoms. The molecule has 2 aromatic carbocycles. The predicted octanol–water partition coefficient (Wildman–Crippen LogP) is 5.23. The van der Waals surface area contributed by atoms with E-state index < -0.39 is 0 Å². The second kappa shape index (κ2) is 10.9. The zero-order valence-corrected chi connectivity index (χ0v) is 18.6. The SMILES string of the molecule is C/C1=N\CCOC(c2ccccc2)C(c2ccccc2)OCC/N=C(\C)c2cccc1n2. The lowest BCUT2D eigenvalue weighted by molar-refractivity contribution is -0.0741. The van der Waals surface area contributed by atoms with Crippen LogP contribution in [0.1, 0.15) is 48.6 Å². The first-order valence-corrected chi connectivity index (χ1v) is 11.1. The van der Waals surface area contributed by atoms with E-state index in [4.69, 9.17) is 24.4 Å². The van der Waals surface area contributed by atoms with Crippen molar-refractivity contribution in [1.29, 1.82) is 0 Å². The molecule has 1 aliphatic heterocycles. The Bertz CT molecular complexity index is 982. The van der Waals surface area contributed by atoms with Crippen molar-refractivity contribution < 1.29 is 9.47 Å². The van der Waals surface area contributed by atoms with Crippen LogP contribution in [0.15, 0.2) is 88.8 Å². The quantitative estimate of drug-likeness (QED) is 0.563. The molecule has 2 bridgehead atoms. The van der Waals surface area contributed by atoms with Gasteiger partial charge in [-0.15, -0.1) is 0 Å². The summed E-state index contributed by atoms with van der Waals surface area (Å²) in [6.45, 7) is 6.05. The number of hydrogen-bond donors (Lipinski definition) is 0. The molecule has 0 spiro atoms. The molecule has 164 valence electrons. The highest BCUT2D eigenvalue weighted by atomic mass is 16.5. The Morgan fingerprint density at radius 1 is 0.594 bits per heavy atom. The summed E-state index contributed by atoms with van der Waals surface area (Å²) in [6.07, 6.45) is -0.494. The number of ether oxygens (including phenoxy) is 2. The van der Waals surface area contributed by atoms with Crippen molar-refractivity contribution in [2.45, 2.75) is 26.1 Å². The summed E-state index contributed by atoms with van der Waals surface area (Å²) < 4.78 is 12.8. The van der Waals surface area contributed by atoms with E-state index in [1.165, 1.54) is 0 Å². The average molecular weight is 428 g/mol. The Balaban J connectivity index is 1.68. The van der Waals surface area contributed by atoms with Crippen molar-refractivity contribution in [3.63, 3.8) is 0 Å². The van der Waals surface area contributed by atoms with Crippen LogP contribution in [-0.2, 0) is 9.47 Å². The largest absolute Gasteiger partial charge is 0.369 e. The minimum absolute atomic E-state index is 0.247. The number of aliphatic imine (C=N–C) groups is 2. The average Bonchev–Trinajstić information content (AvgIpc) is 2.85. The Labute approximate surface area is 189 Å². The highest BCUT2D eigenvalue weighted by molar-refractivity contribution is 6.00. The molecule has 2 heterocycles. The second-order valence-electron chi connectivity index (χ2n) is 7.75. The van der Waals surface area contributed by atoms with Crippen molar-refractivity contribution in [1.82, 2.24) is 4.98 Å².